The van der Waals surface area contributed by atoms with Crippen molar-refractivity contribution in [2.45, 2.75) is 57.9 Å². The van der Waals surface area contributed by atoms with Gasteiger partial charge >= 0.3 is 0 Å². The molecule has 0 fully saturated rings. The number of aryl methyl sites for hydroxylation is 2. The third kappa shape index (κ3) is 4.94. The van der Waals surface area contributed by atoms with Gasteiger partial charge in [0, 0.05) is 23.2 Å². The number of hydrogen-bond acceptors (Lipinski definition) is 4. The highest BCUT2D eigenvalue weighted by Crippen LogP contribution is 2.21. The van der Waals surface area contributed by atoms with Gasteiger partial charge in [-0.25, -0.2) is 9.97 Å². The lowest BCUT2D eigenvalue weighted by atomic mass is 10.2. The Morgan fingerprint density at radius 2 is 1.78 bits per heavy atom. The van der Waals surface area contributed by atoms with Crippen LogP contribution in [0, 0.1) is 20.8 Å². The molecule has 4 heteroatoms. The van der Waals surface area contributed by atoms with Crippen molar-refractivity contribution in [2.75, 3.05) is 13.1 Å². The predicted octanol–water partition coefficient (Wildman–Crippen LogP) is 3.27. The maximum Gasteiger partial charge on any atom is 0.188 e. The quantitative estimate of drug-likeness (QED) is 0.467. The molecule has 0 amide bonds. The average Bonchev–Trinajstić information content (AvgIpc) is 2.31. The summed E-state index contributed by atoms with van der Waals surface area (Å²) in [6, 6.07) is 0. The van der Waals surface area contributed by atoms with Crippen LogP contribution in [0.5, 0.6) is 0 Å². The van der Waals surface area contributed by atoms with E-state index in [1.807, 2.05) is 0 Å². The second-order valence-electron chi connectivity index (χ2n) is 4.79. The Hall–Kier alpha value is -0.610. The second kappa shape index (κ2) is 7.74. The van der Waals surface area contributed by atoms with Gasteiger partial charge in [-0.2, -0.15) is 0 Å². The number of thioether (sulfide) groups is 1. The maximum absolute atomic E-state index is 4.54. The number of aromatic nitrogens is 2. The summed E-state index contributed by atoms with van der Waals surface area (Å²) in [5.74, 6) is 0. The van der Waals surface area contributed by atoms with E-state index >= 15 is 0 Å². The van der Waals surface area contributed by atoms with Crippen LogP contribution in [0.15, 0.2) is 5.16 Å². The Morgan fingerprint density at radius 3 is 2.33 bits per heavy atom. The molecule has 1 aromatic rings. The average molecular weight is 267 g/mol. The minimum Gasteiger partial charge on any atom is -0.316 e. The van der Waals surface area contributed by atoms with Crippen molar-refractivity contribution in [3.63, 3.8) is 0 Å². The van der Waals surface area contributed by atoms with Crippen LogP contribution < -0.4 is 5.32 Å². The van der Waals surface area contributed by atoms with Gasteiger partial charge in [0.05, 0.1) is 0 Å². The fraction of sp³-hybridized carbons (Fsp3) is 0.714. The third-order valence-corrected chi connectivity index (χ3v) is 4.02. The lowest BCUT2D eigenvalue weighted by Gasteiger charge is -2.12. The molecule has 0 aliphatic heterocycles. The number of rotatable bonds is 7. The first-order valence-electron chi connectivity index (χ1n) is 6.73. The van der Waals surface area contributed by atoms with Gasteiger partial charge < -0.3 is 5.32 Å². The van der Waals surface area contributed by atoms with E-state index in [-0.39, 0.29) is 0 Å². The number of nitrogens with zero attached hydrogens (tertiary/aromatic N) is 2. The molecule has 1 unspecified atom stereocenters. The molecule has 1 atom stereocenters. The molecule has 3 nitrogen and oxygen atoms in total. The molecule has 0 bridgehead atoms. The number of hydrogen-bond donors (Lipinski definition) is 1. The highest BCUT2D eigenvalue weighted by molar-refractivity contribution is 7.99. The van der Waals surface area contributed by atoms with Crippen LogP contribution in [-0.4, -0.2) is 28.3 Å². The summed E-state index contributed by atoms with van der Waals surface area (Å²) in [6.07, 6.45) is 2.49. The SMILES string of the molecule is CCCCNCC(C)Sc1nc(C)c(C)c(C)n1. The number of unbranched alkanes of at least 4 members (excludes halogenated alkanes) is 1. The van der Waals surface area contributed by atoms with Gasteiger partial charge in [-0.1, -0.05) is 32.0 Å². The summed E-state index contributed by atoms with van der Waals surface area (Å²) in [6.45, 7) is 12.7. The van der Waals surface area contributed by atoms with Crippen molar-refractivity contribution in [1.82, 2.24) is 15.3 Å². The third-order valence-electron chi connectivity index (χ3n) is 3.06. The van der Waals surface area contributed by atoms with E-state index in [2.05, 4.69) is 49.9 Å². The summed E-state index contributed by atoms with van der Waals surface area (Å²) >= 11 is 1.75. The highest BCUT2D eigenvalue weighted by atomic mass is 32.2. The normalized spacial score (nSPS) is 12.7. The molecule has 102 valence electrons. The Labute approximate surface area is 115 Å². The summed E-state index contributed by atoms with van der Waals surface area (Å²) < 4.78 is 0. The predicted molar refractivity (Wildman–Crippen MR) is 79.3 cm³/mol. The van der Waals surface area contributed by atoms with Gasteiger partial charge in [0.25, 0.3) is 0 Å². The van der Waals surface area contributed by atoms with E-state index < -0.39 is 0 Å². The molecule has 1 heterocycles. The molecule has 0 saturated heterocycles. The Bertz CT molecular complexity index is 356. The fourth-order valence-electron chi connectivity index (χ4n) is 1.62. The zero-order valence-corrected chi connectivity index (χ0v) is 13.0. The Kier molecular flexibility index (Phi) is 6.65. The molecule has 0 aromatic carbocycles. The van der Waals surface area contributed by atoms with E-state index in [4.69, 9.17) is 0 Å². The standard InChI is InChI=1S/C14H25N3S/c1-6-7-8-15-9-10(2)18-14-16-12(4)11(3)13(5)17-14/h10,15H,6-9H2,1-5H3. The van der Waals surface area contributed by atoms with Crippen LogP contribution >= 0.6 is 11.8 Å². The fourth-order valence-corrected chi connectivity index (χ4v) is 2.56. The summed E-state index contributed by atoms with van der Waals surface area (Å²) in [4.78, 5) is 9.08. The second-order valence-corrected chi connectivity index (χ2v) is 6.19. The molecule has 18 heavy (non-hydrogen) atoms. The van der Waals surface area contributed by atoms with E-state index in [0.29, 0.717) is 5.25 Å². The summed E-state index contributed by atoms with van der Waals surface area (Å²) in [5, 5.41) is 4.88. The van der Waals surface area contributed by atoms with Gasteiger partial charge in [0.2, 0.25) is 0 Å². The minimum atomic E-state index is 0.503. The Morgan fingerprint density at radius 1 is 1.17 bits per heavy atom. The van der Waals surface area contributed by atoms with E-state index in [9.17, 15) is 0 Å². The van der Waals surface area contributed by atoms with Gasteiger partial charge in [0.15, 0.2) is 5.16 Å². The lowest BCUT2D eigenvalue weighted by molar-refractivity contribution is 0.637. The molecule has 0 saturated carbocycles. The van der Waals surface area contributed by atoms with Crippen molar-refractivity contribution in [2.24, 2.45) is 0 Å². The van der Waals surface area contributed by atoms with Gasteiger partial charge in [0.1, 0.15) is 0 Å². The molecule has 1 N–H and O–H groups in total. The molecule has 0 aliphatic carbocycles. The first kappa shape index (κ1) is 15.4. The van der Waals surface area contributed by atoms with Crippen LogP contribution in [0.4, 0.5) is 0 Å². The van der Waals surface area contributed by atoms with E-state index in [1.165, 1.54) is 18.4 Å². The smallest absolute Gasteiger partial charge is 0.188 e. The molecule has 0 spiro atoms. The summed E-state index contributed by atoms with van der Waals surface area (Å²) in [7, 11) is 0. The molecule has 0 radical (unpaired) electrons. The van der Waals surface area contributed by atoms with E-state index in [1.54, 1.807) is 11.8 Å². The number of nitrogens with one attached hydrogen (secondary N) is 1. The van der Waals surface area contributed by atoms with Gasteiger partial charge in [-0.3, -0.25) is 0 Å². The van der Waals surface area contributed by atoms with Crippen molar-refractivity contribution in [1.29, 1.82) is 0 Å². The zero-order valence-electron chi connectivity index (χ0n) is 12.2. The first-order valence-corrected chi connectivity index (χ1v) is 7.61. The zero-order chi connectivity index (χ0) is 13.5. The molecule has 0 aliphatic rings. The molecular formula is C14H25N3S. The van der Waals surface area contributed by atoms with Crippen molar-refractivity contribution in [3.8, 4) is 0 Å². The molecule has 1 rings (SSSR count). The van der Waals surface area contributed by atoms with Crippen LogP contribution in [0.2, 0.25) is 0 Å². The topological polar surface area (TPSA) is 37.8 Å². The van der Waals surface area contributed by atoms with Crippen LogP contribution in [0.25, 0.3) is 0 Å². The largest absolute Gasteiger partial charge is 0.316 e. The maximum atomic E-state index is 4.54. The van der Waals surface area contributed by atoms with E-state index in [0.717, 1.165) is 29.6 Å². The monoisotopic (exact) mass is 267 g/mol. The lowest BCUT2D eigenvalue weighted by Crippen LogP contribution is -2.23. The van der Waals surface area contributed by atoms with Crippen molar-refractivity contribution < 1.29 is 0 Å². The molecule has 1 aromatic heterocycles. The highest BCUT2D eigenvalue weighted by Gasteiger charge is 2.09. The van der Waals surface area contributed by atoms with Gasteiger partial charge in [-0.05, 0) is 39.3 Å². The van der Waals surface area contributed by atoms with Crippen LogP contribution in [0.1, 0.15) is 43.6 Å². The Balaban J connectivity index is 2.46. The summed E-state index contributed by atoms with van der Waals surface area (Å²) in [5.41, 5.74) is 3.39. The first-order chi connectivity index (χ1) is 8.54. The molecular weight excluding hydrogens is 242 g/mol. The van der Waals surface area contributed by atoms with Gasteiger partial charge in [-0.15, -0.1) is 0 Å². The van der Waals surface area contributed by atoms with Crippen LogP contribution in [-0.2, 0) is 0 Å². The van der Waals surface area contributed by atoms with Crippen LogP contribution in [0.3, 0.4) is 0 Å². The van der Waals surface area contributed by atoms with Crippen molar-refractivity contribution in [3.05, 3.63) is 17.0 Å². The minimum absolute atomic E-state index is 0.503. The van der Waals surface area contributed by atoms with Crippen molar-refractivity contribution >= 4 is 11.8 Å².